The van der Waals surface area contributed by atoms with E-state index in [0.29, 0.717) is 6.42 Å². The van der Waals surface area contributed by atoms with Crippen LogP contribution >= 0.6 is 0 Å². The van der Waals surface area contributed by atoms with Crippen molar-refractivity contribution in [3.63, 3.8) is 0 Å². The van der Waals surface area contributed by atoms with Gasteiger partial charge < -0.3 is 15.4 Å². The third-order valence-electron chi connectivity index (χ3n) is 4.61. The average Bonchev–Trinajstić information content (AvgIpc) is 3.24. The second-order valence-electron chi connectivity index (χ2n) is 6.81. The molecule has 1 aromatic rings. The van der Waals surface area contributed by atoms with Gasteiger partial charge in [0.15, 0.2) is 0 Å². The quantitative estimate of drug-likeness (QED) is 0.765. The summed E-state index contributed by atoms with van der Waals surface area (Å²) in [6, 6.07) is 9.50. The van der Waals surface area contributed by atoms with E-state index in [4.69, 9.17) is 4.74 Å². The van der Waals surface area contributed by atoms with Gasteiger partial charge in [0, 0.05) is 12.5 Å². The van der Waals surface area contributed by atoms with Gasteiger partial charge in [-0.15, -0.1) is 0 Å². The van der Waals surface area contributed by atoms with Gasteiger partial charge >= 0.3 is 0 Å². The van der Waals surface area contributed by atoms with Crippen molar-refractivity contribution >= 4 is 11.8 Å². The van der Waals surface area contributed by atoms with Gasteiger partial charge in [0.25, 0.3) is 0 Å². The molecule has 0 unspecified atom stereocenters. The fourth-order valence-electron chi connectivity index (χ4n) is 3.07. The minimum Gasteiger partial charge on any atom is -0.368 e. The number of hydrogen-bond donors (Lipinski definition) is 2. The number of hydrogen-bond acceptors (Lipinski definition) is 3. The van der Waals surface area contributed by atoms with Gasteiger partial charge in [-0.2, -0.15) is 0 Å². The summed E-state index contributed by atoms with van der Waals surface area (Å²) in [4.78, 5) is 24.6. The molecule has 0 aromatic heterocycles. The molecule has 130 valence electrons. The van der Waals surface area contributed by atoms with Crippen molar-refractivity contribution in [3.05, 3.63) is 35.9 Å². The monoisotopic (exact) mass is 330 g/mol. The third kappa shape index (κ3) is 5.34. The Morgan fingerprint density at radius 2 is 1.79 bits per heavy atom. The predicted molar refractivity (Wildman–Crippen MR) is 91.4 cm³/mol. The van der Waals surface area contributed by atoms with Crippen molar-refractivity contribution in [1.29, 1.82) is 0 Å². The van der Waals surface area contributed by atoms with Gasteiger partial charge in [0.1, 0.15) is 12.6 Å². The van der Waals surface area contributed by atoms with Crippen LogP contribution in [0.25, 0.3) is 0 Å². The molecule has 3 rings (SSSR count). The second kappa shape index (κ2) is 8.29. The van der Waals surface area contributed by atoms with Crippen LogP contribution in [0.15, 0.2) is 30.3 Å². The molecular weight excluding hydrogens is 304 g/mol. The summed E-state index contributed by atoms with van der Waals surface area (Å²) in [5.41, 5.74) is 1.03. The summed E-state index contributed by atoms with van der Waals surface area (Å²) in [5, 5.41) is 5.83. The Hall–Kier alpha value is -1.88. The number of rotatable bonds is 8. The Morgan fingerprint density at radius 1 is 1.08 bits per heavy atom. The van der Waals surface area contributed by atoms with Crippen LogP contribution < -0.4 is 10.6 Å². The van der Waals surface area contributed by atoms with Gasteiger partial charge in [0.05, 0.1) is 6.10 Å². The van der Waals surface area contributed by atoms with Gasteiger partial charge in [-0.25, -0.2) is 0 Å². The molecule has 2 aliphatic carbocycles. The van der Waals surface area contributed by atoms with E-state index in [1.807, 2.05) is 30.3 Å². The highest BCUT2D eigenvalue weighted by molar-refractivity contribution is 5.88. The maximum absolute atomic E-state index is 12.4. The fourth-order valence-corrected chi connectivity index (χ4v) is 3.07. The molecule has 24 heavy (non-hydrogen) atoms. The van der Waals surface area contributed by atoms with Gasteiger partial charge in [-0.05, 0) is 31.2 Å². The summed E-state index contributed by atoms with van der Waals surface area (Å²) < 4.78 is 5.65. The number of ether oxygens (including phenoxy) is 1. The highest BCUT2D eigenvalue weighted by Crippen LogP contribution is 2.21. The summed E-state index contributed by atoms with van der Waals surface area (Å²) in [5.74, 6) is -0.315. The molecule has 2 saturated carbocycles. The minimum atomic E-state index is -0.548. The van der Waals surface area contributed by atoms with Crippen molar-refractivity contribution in [2.45, 2.75) is 63.1 Å². The number of benzene rings is 1. The lowest BCUT2D eigenvalue weighted by Gasteiger charge is -2.19. The van der Waals surface area contributed by atoms with Crippen LogP contribution in [0, 0.1) is 0 Å². The molecule has 5 nitrogen and oxygen atoms in total. The van der Waals surface area contributed by atoms with E-state index in [-0.39, 0.29) is 30.6 Å². The smallest absolute Gasteiger partial charge is 0.246 e. The number of amides is 2. The van der Waals surface area contributed by atoms with Crippen molar-refractivity contribution in [2.24, 2.45) is 0 Å². The first-order chi connectivity index (χ1) is 11.7. The molecule has 0 bridgehead atoms. The van der Waals surface area contributed by atoms with Gasteiger partial charge in [-0.3, -0.25) is 9.59 Å². The Kier molecular flexibility index (Phi) is 5.86. The van der Waals surface area contributed by atoms with Crippen molar-refractivity contribution < 1.29 is 14.3 Å². The first-order valence-corrected chi connectivity index (χ1v) is 8.96. The van der Waals surface area contributed by atoms with E-state index in [1.54, 1.807) is 0 Å². The van der Waals surface area contributed by atoms with Crippen molar-refractivity contribution in [3.8, 4) is 0 Å². The third-order valence-corrected chi connectivity index (χ3v) is 4.61. The zero-order valence-corrected chi connectivity index (χ0v) is 14.0. The van der Waals surface area contributed by atoms with E-state index in [1.165, 1.54) is 12.8 Å². The Labute approximate surface area is 143 Å². The van der Waals surface area contributed by atoms with Gasteiger partial charge in [0.2, 0.25) is 11.8 Å². The summed E-state index contributed by atoms with van der Waals surface area (Å²) in [6.45, 7) is 0.0344. The van der Waals surface area contributed by atoms with Gasteiger partial charge in [-0.1, -0.05) is 43.2 Å². The normalized spacial score (nSPS) is 19.0. The number of carbonyl (C=O) groups excluding carboxylic acids is 2. The van der Waals surface area contributed by atoms with E-state index >= 15 is 0 Å². The summed E-state index contributed by atoms with van der Waals surface area (Å²) in [7, 11) is 0. The maximum Gasteiger partial charge on any atom is 0.246 e. The van der Waals surface area contributed by atoms with E-state index in [0.717, 1.165) is 31.2 Å². The second-order valence-corrected chi connectivity index (χ2v) is 6.81. The molecule has 2 aliphatic rings. The molecule has 0 radical (unpaired) electrons. The SMILES string of the molecule is O=C(COC1CCCC1)N[C@@H](Cc1ccccc1)C(=O)NC1CC1. The molecule has 1 aromatic carbocycles. The molecule has 0 saturated heterocycles. The predicted octanol–water partition coefficient (Wildman–Crippen LogP) is 1.95. The molecule has 0 heterocycles. The molecule has 0 aliphatic heterocycles. The van der Waals surface area contributed by atoms with Crippen LogP contribution in [0.2, 0.25) is 0 Å². The molecule has 5 heteroatoms. The zero-order chi connectivity index (χ0) is 16.8. The molecule has 0 spiro atoms. The Bertz CT molecular complexity index is 551. The molecule has 2 amide bonds. The Morgan fingerprint density at radius 3 is 2.46 bits per heavy atom. The lowest BCUT2D eigenvalue weighted by molar-refractivity contribution is -0.132. The fraction of sp³-hybridized carbons (Fsp3) is 0.579. The van der Waals surface area contributed by atoms with Crippen LogP contribution in [-0.4, -0.2) is 36.6 Å². The van der Waals surface area contributed by atoms with Crippen LogP contribution in [0.4, 0.5) is 0 Å². The number of carbonyl (C=O) groups is 2. The van der Waals surface area contributed by atoms with Crippen LogP contribution in [-0.2, 0) is 20.7 Å². The van der Waals surface area contributed by atoms with Crippen molar-refractivity contribution in [2.75, 3.05) is 6.61 Å². The van der Waals surface area contributed by atoms with Crippen LogP contribution in [0.1, 0.15) is 44.1 Å². The minimum absolute atomic E-state index is 0.0344. The van der Waals surface area contributed by atoms with Crippen molar-refractivity contribution in [1.82, 2.24) is 10.6 Å². The van der Waals surface area contributed by atoms with E-state index < -0.39 is 6.04 Å². The molecular formula is C19H26N2O3. The Balaban J connectivity index is 1.53. The summed E-state index contributed by atoms with van der Waals surface area (Å²) >= 11 is 0. The highest BCUT2D eigenvalue weighted by Gasteiger charge is 2.28. The standard InChI is InChI=1S/C19H26N2O3/c22-18(13-24-16-8-4-5-9-16)21-17(19(23)20-15-10-11-15)12-14-6-2-1-3-7-14/h1-3,6-7,15-17H,4-5,8-13H2,(H,20,23)(H,21,22)/t17-/m0/s1. The molecule has 2 fully saturated rings. The largest absolute Gasteiger partial charge is 0.368 e. The molecule has 2 N–H and O–H groups in total. The maximum atomic E-state index is 12.4. The van der Waals surface area contributed by atoms with E-state index in [9.17, 15) is 9.59 Å². The number of nitrogens with one attached hydrogen (secondary N) is 2. The van der Waals surface area contributed by atoms with Crippen LogP contribution in [0.5, 0.6) is 0 Å². The lowest BCUT2D eigenvalue weighted by Crippen LogP contribution is -2.49. The zero-order valence-electron chi connectivity index (χ0n) is 14.0. The first kappa shape index (κ1) is 17.0. The van der Waals surface area contributed by atoms with E-state index in [2.05, 4.69) is 10.6 Å². The summed E-state index contributed by atoms with van der Waals surface area (Å²) in [6.07, 6.45) is 7.16. The lowest BCUT2D eigenvalue weighted by atomic mass is 10.1. The average molecular weight is 330 g/mol. The topological polar surface area (TPSA) is 67.4 Å². The highest BCUT2D eigenvalue weighted by atomic mass is 16.5. The first-order valence-electron chi connectivity index (χ1n) is 8.96. The van der Waals surface area contributed by atoms with Crippen LogP contribution in [0.3, 0.4) is 0 Å². The molecule has 1 atom stereocenters.